The minimum absolute atomic E-state index is 0.185. The average molecular weight is 485 g/mol. The van der Waals surface area contributed by atoms with Gasteiger partial charge in [0.05, 0.1) is 18.8 Å². The van der Waals surface area contributed by atoms with Gasteiger partial charge in [-0.25, -0.2) is 0 Å². The summed E-state index contributed by atoms with van der Waals surface area (Å²) in [5, 5.41) is 10.9. The number of hydrogen-bond donors (Lipinski definition) is 1. The second-order valence-electron chi connectivity index (χ2n) is 10.7. The summed E-state index contributed by atoms with van der Waals surface area (Å²) in [6.07, 6.45) is 11.6. The van der Waals surface area contributed by atoms with Crippen LogP contribution < -0.4 is 0 Å². The third-order valence-electron chi connectivity index (χ3n) is 8.18. The minimum Gasteiger partial charge on any atom is -0.469 e. The Morgan fingerprint density at radius 1 is 0.971 bits per heavy atom. The molecule has 2 saturated heterocycles. The Morgan fingerprint density at radius 3 is 2.29 bits per heavy atom. The van der Waals surface area contributed by atoms with E-state index in [4.69, 9.17) is 18.9 Å². The van der Waals surface area contributed by atoms with Crippen LogP contribution in [0.2, 0.25) is 0 Å². The molecule has 6 heteroatoms. The van der Waals surface area contributed by atoms with E-state index in [1.807, 2.05) is 0 Å². The van der Waals surface area contributed by atoms with E-state index in [9.17, 15) is 9.90 Å². The van der Waals surface area contributed by atoms with Crippen molar-refractivity contribution in [2.75, 3.05) is 13.2 Å². The highest BCUT2D eigenvalue weighted by molar-refractivity contribution is 5.50. The highest BCUT2D eigenvalue weighted by atomic mass is 16.7. The number of carbonyl (C=O) groups excluding carboxylic acids is 1. The average Bonchev–Trinajstić information content (AvgIpc) is 3.43. The second kappa shape index (κ2) is 12.0. The van der Waals surface area contributed by atoms with E-state index >= 15 is 0 Å². The molecule has 5 rings (SSSR count). The lowest BCUT2D eigenvalue weighted by Crippen LogP contribution is -2.34. The van der Waals surface area contributed by atoms with Gasteiger partial charge in [-0.1, -0.05) is 24.3 Å². The number of hydrogen-bond acceptors (Lipinski definition) is 6. The number of carbonyl (C=O) groups is 1. The summed E-state index contributed by atoms with van der Waals surface area (Å²) in [5.74, 6) is 0.943. The number of ether oxygens (including phenoxy) is 4. The maximum atomic E-state index is 11.6. The molecule has 1 saturated carbocycles. The Labute approximate surface area is 209 Å². The van der Waals surface area contributed by atoms with Gasteiger partial charge in [-0.3, -0.25) is 0 Å². The number of aliphatic hydroxyl groups is 1. The first-order valence-electron chi connectivity index (χ1n) is 13.6. The van der Waals surface area contributed by atoms with Gasteiger partial charge in [0, 0.05) is 37.7 Å². The summed E-state index contributed by atoms with van der Waals surface area (Å²) in [5.41, 5.74) is 2.88. The molecule has 1 aromatic carbocycles. The molecule has 192 valence electrons. The van der Waals surface area contributed by atoms with Crippen LogP contribution in [0.25, 0.3) is 0 Å². The first-order valence-corrected chi connectivity index (χ1v) is 13.6. The van der Waals surface area contributed by atoms with Crippen molar-refractivity contribution in [2.45, 2.75) is 95.4 Å². The van der Waals surface area contributed by atoms with Crippen LogP contribution in [0.5, 0.6) is 0 Å². The van der Waals surface area contributed by atoms with Crippen molar-refractivity contribution in [1.29, 1.82) is 0 Å². The highest BCUT2D eigenvalue weighted by Gasteiger charge is 2.47. The van der Waals surface area contributed by atoms with Crippen LogP contribution in [0.4, 0.5) is 0 Å². The van der Waals surface area contributed by atoms with E-state index in [1.165, 1.54) is 11.1 Å². The topological polar surface area (TPSA) is 74.2 Å². The Kier molecular flexibility index (Phi) is 8.55. The molecular formula is C29H40O6. The predicted molar refractivity (Wildman–Crippen MR) is 131 cm³/mol. The number of rotatable bonds is 9. The molecular weight excluding hydrogens is 444 g/mol. The van der Waals surface area contributed by atoms with Crippen molar-refractivity contribution in [3.63, 3.8) is 0 Å². The molecule has 1 aromatic rings. The lowest BCUT2D eigenvalue weighted by molar-refractivity contribution is -0.201. The van der Waals surface area contributed by atoms with Crippen LogP contribution in [-0.2, 0) is 36.6 Å². The maximum absolute atomic E-state index is 11.6. The smallest absolute Gasteiger partial charge is 0.199 e. The first-order chi connectivity index (χ1) is 17.2. The van der Waals surface area contributed by atoms with Crippen LogP contribution in [0.1, 0.15) is 68.9 Å². The molecule has 2 heterocycles. The highest BCUT2D eigenvalue weighted by Crippen LogP contribution is 2.43. The van der Waals surface area contributed by atoms with Gasteiger partial charge in [0.1, 0.15) is 12.0 Å². The number of aldehydes is 1. The van der Waals surface area contributed by atoms with Crippen molar-refractivity contribution in [3.05, 3.63) is 47.2 Å². The Morgan fingerprint density at radius 2 is 1.66 bits per heavy atom. The SMILES string of the molecule is O=CC[C@H]1[C@H](C(=CCC2Cc3ccccc3C2)OC2CCCCO2)[C@@H](OC2CCCCO2)C[C@H]1O. The van der Waals surface area contributed by atoms with Crippen molar-refractivity contribution in [3.8, 4) is 0 Å². The number of aliphatic hydroxyl groups excluding tert-OH is 1. The number of fused-ring (bicyclic) bond motifs is 1. The summed E-state index contributed by atoms with van der Waals surface area (Å²) in [6, 6.07) is 8.69. The molecule has 4 aliphatic rings. The summed E-state index contributed by atoms with van der Waals surface area (Å²) in [6.45, 7) is 1.41. The summed E-state index contributed by atoms with van der Waals surface area (Å²) in [4.78, 5) is 11.6. The van der Waals surface area contributed by atoms with Gasteiger partial charge in [-0.05, 0) is 74.5 Å². The van der Waals surface area contributed by atoms with Crippen molar-refractivity contribution >= 4 is 6.29 Å². The number of allylic oxidation sites excluding steroid dienone is 1. The summed E-state index contributed by atoms with van der Waals surface area (Å²) >= 11 is 0. The normalized spacial score (nSPS) is 34.0. The Hall–Kier alpha value is -1.73. The zero-order valence-electron chi connectivity index (χ0n) is 20.7. The van der Waals surface area contributed by atoms with Gasteiger partial charge in [0.2, 0.25) is 0 Å². The molecule has 1 N–H and O–H groups in total. The fraction of sp³-hybridized carbons (Fsp3) is 0.690. The fourth-order valence-electron chi connectivity index (χ4n) is 6.36. The van der Waals surface area contributed by atoms with E-state index in [0.29, 0.717) is 25.6 Å². The molecule has 0 spiro atoms. The zero-order chi connectivity index (χ0) is 24.0. The summed E-state index contributed by atoms with van der Waals surface area (Å²) < 4.78 is 24.8. The monoisotopic (exact) mass is 484 g/mol. The lowest BCUT2D eigenvalue weighted by Gasteiger charge is -2.33. The molecule has 3 fully saturated rings. The van der Waals surface area contributed by atoms with E-state index in [-0.39, 0.29) is 36.9 Å². The fourth-order valence-corrected chi connectivity index (χ4v) is 6.36. The van der Waals surface area contributed by atoms with Gasteiger partial charge in [-0.15, -0.1) is 0 Å². The maximum Gasteiger partial charge on any atom is 0.199 e. The van der Waals surface area contributed by atoms with Gasteiger partial charge in [0.15, 0.2) is 12.6 Å². The molecule has 0 amide bonds. The van der Waals surface area contributed by atoms with Crippen LogP contribution in [0.3, 0.4) is 0 Å². The molecule has 0 aromatic heterocycles. The second-order valence-corrected chi connectivity index (χ2v) is 10.7. The third-order valence-corrected chi connectivity index (χ3v) is 8.18. The molecule has 2 aliphatic carbocycles. The van der Waals surface area contributed by atoms with Gasteiger partial charge >= 0.3 is 0 Å². The standard InChI is InChI=1S/C29H40O6/c30-14-13-23-24(31)19-26(35-28-10-4-6-16-33-28)29(23)25(34-27-9-3-5-15-32-27)12-11-20-17-21-7-1-2-8-22(21)18-20/h1-2,7-8,12,14,20,23-24,26-29,31H,3-6,9-11,13,15-19H2/t23-,24-,26+,27?,28?,29-/m1/s1. The molecule has 0 bridgehead atoms. The Bertz CT molecular complexity index is 831. The molecule has 2 unspecified atom stereocenters. The van der Waals surface area contributed by atoms with Crippen LogP contribution in [0.15, 0.2) is 36.1 Å². The van der Waals surface area contributed by atoms with E-state index in [2.05, 4.69) is 30.3 Å². The third kappa shape index (κ3) is 6.16. The van der Waals surface area contributed by atoms with Gasteiger partial charge in [-0.2, -0.15) is 0 Å². The van der Waals surface area contributed by atoms with E-state index in [1.54, 1.807) is 0 Å². The predicted octanol–water partition coefficient (Wildman–Crippen LogP) is 4.72. The van der Waals surface area contributed by atoms with Crippen molar-refractivity contribution in [1.82, 2.24) is 0 Å². The van der Waals surface area contributed by atoms with Crippen LogP contribution in [0, 0.1) is 17.8 Å². The lowest BCUT2D eigenvalue weighted by atomic mass is 9.88. The van der Waals surface area contributed by atoms with Crippen LogP contribution >= 0.6 is 0 Å². The molecule has 6 nitrogen and oxygen atoms in total. The van der Waals surface area contributed by atoms with Gasteiger partial charge in [0.25, 0.3) is 0 Å². The Balaban J connectivity index is 1.37. The van der Waals surface area contributed by atoms with E-state index in [0.717, 1.165) is 69.8 Å². The summed E-state index contributed by atoms with van der Waals surface area (Å²) in [7, 11) is 0. The van der Waals surface area contributed by atoms with Crippen molar-refractivity contribution in [2.24, 2.45) is 17.8 Å². The first kappa shape index (κ1) is 24.9. The van der Waals surface area contributed by atoms with Crippen LogP contribution in [-0.4, -0.2) is 49.4 Å². The molecule has 6 atom stereocenters. The van der Waals surface area contributed by atoms with Crippen molar-refractivity contribution < 1.29 is 28.8 Å². The number of benzene rings is 1. The molecule has 0 radical (unpaired) electrons. The zero-order valence-corrected chi connectivity index (χ0v) is 20.7. The molecule has 35 heavy (non-hydrogen) atoms. The quantitative estimate of drug-likeness (QED) is 0.404. The molecule has 2 aliphatic heterocycles. The van der Waals surface area contributed by atoms with E-state index < -0.39 is 6.10 Å². The van der Waals surface area contributed by atoms with Gasteiger partial charge < -0.3 is 28.8 Å². The minimum atomic E-state index is -0.603. The largest absolute Gasteiger partial charge is 0.469 e.